The highest BCUT2D eigenvalue weighted by Gasteiger charge is 2.20. The number of fused-ring (bicyclic) bond motifs is 1. The second-order valence-electron chi connectivity index (χ2n) is 3.88. The summed E-state index contributed by atoms with van der Waals surface area (Å²) in [6, 6.07) is 6.07. The molecule has 0 saturated carbocycles. The van der Waals surface area contributed by atoms with Crippen LogP contribution in [0.3, 0.4) is 0 Å². The fourth-order valence-electron chi connectivity index (χ4n) is 1.92. The number of rotatable bonds is 3. The van der Waals surface area contributed by atoms with Gasteiger partial charge in [0.15, 0.2) is 11.4 Å². The first-order valence-corrected chi connectivity index (χ1v) is 5.43. The SMILES string of the molecule is NNC(c1ncc[nH]1)c1cc2cccc(F)c2o1. The van der Waals surface area contributed by atoms with Crippen LogP contribution in [-0.2, 0) is 0 Å². The third kappa shape index (κ3) is 1.68. The molecule has 1 atom stereocenters. The molecule has 5 nitrogen and oxygen atoms in total. The Morgan fingerprint density at radius 2 is 2.33 bits per heavy atom. The topological polar surface area (TPSA) is 79.9 Å². The van der Waals surface area contributed by atoms with Gasteiger partial charge in [-0.2, -0.15) is 0 Å². The zero-order valence-corrected chi connectivity index (χ0v) is 9.35. The number of hydrogen-bond donors (Lipinski definition) is 3. The first-order chi connectivity index (χ1) is 8.79. The number of hydrogen-bond acceptors (Lipinski definition) is 4. The number of H-pyrrole nitrogens is 1. The molecule has 0 spiro atoms. The molecule has 0 aliphatic heterocycles. The lowest BCUT2D eigenvalue weighted by Gasteiger charge is -2.09. The van der Waals surface area contributed by atoms with E-state index in [2.05, 4.69) is 15.4 Å². The molecule has 6 heteroatoms. The van der Waals surface area contributed by atoms with Gasteiger partial charge in [0.05, 0.1) is 0 Å². The Labute approximate surface area is 102 Å². The molecule has 3 aromatic rings. The van der Waals surface area contributed by atoms with Crippen molar-refractivity contribution < 1.29 is 8.81 Å². The number of imidazole rings is 1. The zero-order valence-electron chi connectivity index (χ0n) is 9.35. The normalized spacial score (nSPS) is 13.0. The summed E-state index contributed by atoms with van der Waals surface area (Å²) in [6.45, 7) is 0. The minimum absolute atomic E-state index is 0.222. The van der Waals surface area contributed by atoms with Crippen LogP contribution >= 0.6 is 0 Å². The first-order valence-electron chi connectivity index (χ1n) is 5.43. The van der Waals surface area contributed by atoms with Gasteiger partial charge in [0.1, 0.15) is 17.6 Å². The summed E-state index contributed by atoms with van der Waals surface area (Å²) in [7, 11) is 0. The van der Waals surface area contributed by atoms with E-state index in [-0.39, 0.29) is 5.58 Å². The van der Waals surface area contributed by atoms with Crippen LogP contribution in [-0.4, -0.2) is 9.97 Å². The molecular formula is C12H11FN4O. The van der Waals surface area contributed by atoms with Crippen molar-refractivity contribution in [3.8, 4) is 0 Å². The highest BCUT2D eigenvalue weighted by molar-refractivity contribution is 5.78. The average molecular weight is 246 g/mol. The molecule has 1 unspecified atom stereocenters. The number of hydrazine groups is 1. The Bertz CT molecular complexity index is 662. The number of nitrogens with one attached hydrogen (secondary N) is 2. The van der Waals surface area contributed by atoms with E-state index in [0.717, 1.165) is 0 Å². The van der Waals surface area contributed by atoms with Crippen LogP contribution in [0.4, 0.5) is 4.39 Å². The van der Waals surface area contributed by atoms with Crippen LogP contribution in [0, 0.1) is 5.82 Å². The summed E-state index contributed by atoms with van der Waals surface area (Å²) < 4.78 is 19.0. The summed E-state index contributed by atoms with van der Waals surface area (Å²) >= 11 is 0. The molecule has 92 valence electrons. The molecule has 2 heterocycles. The van der Waals surface area contributed by atoms with Gasteiger partial charge in [-0.1, -0.05) is 12.1 Å². The van der Waals surface area contributed by atoms with Crippen LogP contribution in [0.15, 0.2) is 41.1 Å². The number of furan rings is 1. The van der Waals surface area contributed by atoms with E-state index >= 15 is 0 Å². The van der Waals surface area contributed by atoms with Crippen molar-refractivity contribution in [2.75, 3.05) is 0 Å². The summed E-state index contributed by atoms with van der Waals surface area (Å²) in [5.74, 6) is 6.21. The highest BCUT2D eigenvalue weighted by atomic mass is 19.1. The molecule has 1 aromatic carbocycles. The van der Waals surface area contributed by atoms with Gasteiger partial charge in [-0.05, 0) is 12.1 Å². The van der Waals surface area contributed by atoms with E-state index in [1.54, 1.807) is 30.6 Å². The fourth-order valence-corrected chi connectivity index (χ4v) is 1.92. The largest absolute Gasteiger partial charge is 0.456 e. The lowest BCUT2D eigenvalue weighted by atomic mass is 10.2. The molecule has 0 bridgehead atoms. The second kappa shape index (κ2) is 4.25. The number of aromatic amines is 1. The summed E-state index contributed by atoms with van der Waals surface area (Å²) in [5, 5.41) is 0.691. The van der Waals surface area contributed by atoms with E-state index in [0.29, 0.717) is 17.0 Å². The van der Waals surface area contributed by atoms with Gasteiger partial charge in [0, 0.05) is 17.8 Å². The van der Waals surface area contributed by atoms with Crippen molar-refractivity contribution >= 4 is 11.0 Å². The zero-order chi connectivity index (χ0) is 12.5. The van der Waals surface area contributed by atoms with Crippen molar-refractivity contribution in [1.29, 1.82) is 0 Å². The maximum atomic E-state index is 13.5. The van der Waals surface area contributed by atoms with E-state index in [1.807, 2.05) is 0 Å². The number of halogens is 1. The fraction of sp³-hybridized carbons (Fsp3) is 0.0833. The predicted octanol–water partition coefficient (Wildman–Crippen LogP) is 1.85. The van der Waals surface area contributed by atoms with Crippen molar-refractivity contribution in [3.05, 3.63) is 54.1 Å². The smallest absolute Gasteiger partial charge is 0.169 e. The Kier molecular flexibility index (Phi) is 2.58. The lowest BCUT2D eigenvalue weighted by Crippen LogP contribution is -2.29. The molecule has 3 rings (SSSR count). The molecule has 0 amide bonds. The van der Waals surface area contributed by atoms with E-state index in [9.17, 15) is 4.39 Å². The number of para-hydroxylation sites is 1. The van der Waals surface area contributed by atoms with Gasteiger partial charge in [0.25, 0.3) is 0 Å². The molecule has 2 aromatic heterocycles. The molecule has 0 saturated heterocycles. The molecule has 0 radical (unpaired) electrons. The van der Waals surface area contributed by atoms with Gasteiger partial charge in [-0.3, -0.25) is 5.84 Å². The predicted molar refractivity (Wildman–Crippen MR) is 63.9 cm³/mol. The highest BCUT2D eigenvalue weighted by Crippen LogP contribution is 2.27. The average Bonchev–Trinajstić information content (AvgIpc) is 3.00. The van der Waals surface area contributed by atoms with Crippen LogP contribution in [0.5, 0.6) is 0 Å². The minimum Gasteiger partial charge on any atom is -0.456 e. The lowest BCUT2D eigenvalue weighted by molar-refractivity contribution is 0.455. The Morgan fingerprint density at radius 1 is 1.44 bits per heavy atom. The maximum absolute atomic E-state index is 13.5. The van der Waals surface area contributed by atoms with Crippen LogP contribution < -0.4 is 11.3 Å². The van der Waals surface area contributed by atoms with E-state index in [1.165, 1.54) is 6.07 Å². The number of aromatic nitrogens is 2. The van der Waals surface area contributed by atoms with Gasteiger partial charge < -0.3 is 9.40 Å². The van der Waals surface area contributed by atoms with Gasteiger partial charge in [0.2, 0.25) is 0 Å². The van der Waals surface area contributed by atoms with Gasteiger partial charge in [-0.25, -0.2) is 14.8 Å². The van der Waals surface area contributed by atoms with Crippen LogP contribution in [0.1, 0.15) is 17.6 Å². The monoisotopic (exact) mass is 246 g/mol. The van der Waals surface area contributed by atoms with Crippen molar-refractivity contribution in [3.63, 3.8) is 0 Å². The first kappa shape index (κ1) is 10.9. The van der Waals surface area contributed by atoms with Crippen molar-refractivity contribution in [2.45, 2.75) is 6.04 Å². The Balaban J connectivity index is 2.11. The quantitative estimate of drug-likeness (QED) is 0.486. The maximum Gasteiger partial charge on any atom is 0.169 e. The van der Waals surface area contributed by atoms with Crippen molar-refractivity contribution in [1.82, 2.24) is 15.4 Å². The number of nitrogens with zero attached hydrogens (tertiary/aromatic N) is 1. The minimum atomic E-state index is -0.438. The molecular weight excluding hydrogens is 235 g/mol. The molecule has 0 fully saturated rings. The third-order valence-corrected chi connectivity index (χ3v) is 2.76. The summed E-state index contributed by atoms with van der Waals surface area (Å²) in [4.78, 5) is 7.04. The van der Waals surface area contributed by atoms with Crippen LogP contribution in [0.25, 0.3) is 11.0 Å². The number of benzene rings is 1. The standard InChI is InChI=1S/C12H11FN4O/c13-8-3-1-2-7-6-9(18-11(7)8)10(17-14)12-15-4-5-16-12/h1-6,10,17H,14H2,(H,15,16). The van der Waals surface area contributed by atoms with Crippen LogP contribution in [0.2, 0.25) is 0 Å². The van der Waals surface area contributed by atoms with E-state index < -0.39 is 11.9 Å². The molecule has 0 aliphatic rings. The van der Waals surface area contributed by atoms with Gasteiger partial charge in [-0.15, -0.1) is 0 Å². The van der Waals surface area contributed by atoms with E-state index in [4.69, 9.17) is 10.3 Å². The van der Waals surface area contributed by atoms with Crippen molar-refractivity contribution in [2.24, 2.45) is 5.84 Å². The Morgan fingerprint density at radius 3 is 3.00 bits per heavy atom. The second-order valence-corrected chi connectivity index (χ2v) is 3.88. The molecule has 4 N–H and O–H groups in total. The summed E-state index contributed by atoms with van der Waals surface area (Å²) in [5.41, 5.74) is 2.81. The number of nitrogens with two attached hydrogens (primary N) is 1. The molecule has 18 heavy (non-hydrogen) atoms. The third-order valence-electron chi connectivity index (χ3n) is 2.76. The summed E-state index contributed by atoms with van der Waals surface area (Å²) in [6.07, 6.45) is 3.30. The van der Waals surface area contributed by atoms with Gasteiger partial charge >= 0.3 is 0 Å². The molecule has 0 aliphatic carbocycles. The Hall–Kier alpha value is -2.18.